The number of rotatable bonds is 6. The zero-order valence-electron chi connectivity index (χ0n) is 13.3. The van der Waals surface area contributed by atoms with Crippen LogP contribution in [0.15, 0.2) is 30.6 Å². The average molecular weight is 284 g/mol. The van der Waals surface area contributed by atoms with Gasteiger partial charge in [-0.15, -0.1) is 0 Å². The third-order valence-corrected chi connectivity index (χ3v) is 3.58. The number of nitrogens with zero attached hydrogens (tertiary/aromatic N) is 3. The van der Waals surface area contributed by atoms with Crippen molar-refractivity contribution in [3.05, 3.63) is 41.7 Å². The van der Waals surface area contributed by atoms with E-state index in [1.807, 2.05) is 0 Å². The Morgan fingerprint density at radius 3 is 2.52 bits per heavy atom. The summed E-state index contributed by atoms with van der Waals surface area (Å²) in [5, 5.41) is 3.37. The lowest BCUT2D eigenvalue weighted by Crippen LogP contribution is -2.20. The van der Waals surface area contributed by atoms with Crippen LogP contribution in [0.3, 0.4) is 0 Å². The first-order chi connectivity index (χ1) is 10.2. The molecule has 0 aliphatic rings. The van der Waals surface area contributed by atoms with E-state index in [4.69, 9.17) is 0 Å². The molecule has 0 atom stereocenters. The molecule has 1 N–H and O–H groups in total. The van der Waals surface area contributed by atoms with E-state index in [1.165, 1.54) is 11.3 Å². The largest absolute Gasteiger partial charge is 0.370 e. The Hall–Kier alpha value is -2.10. The molecule has 0 unspecified atom stereocenters. The smallest absolute Gasteiger partial charge is 0.141 e. The van der Waals surface area contributed by atoms with Crippen molar-refractivity contribution in [3.63, 3.8) is 0 Å². The molecule has 0 aliphatic heterocycles. The minimum absolute atomic E-state index is 0.871. The summed E-state index contributed by atoms with van der Waals surface area (Å²) in [5.74, 6) is 1.90. The normalized spacial score (nSPS) is 10.5. The molecule has 0 saturated carbocycles. The van der Waals surface area contributed by atoms with Crippen LogP contribution in [-0.2, 0) is 0 Å². The van der Waals surface area contributed by atoms with E-state index in [2.05, 4.69) is 72.1 Å². The first kappa shape index (κ1) is 15.3. The molecule has 0 bridgehead atoms. The van der Waals surface area contributed by atoms with Gasteiger partial charge in [-0.05, 0) is 38.8 Å². The number of aromatic nitrogens is 2. The molecule has 0 saturated heterocycles. The number of para-hydroxylation sites is 1. The Labute approximate surface area is 127 Å². The molecule has 4 nitrogen and oxygen atoms in total. The van der Waals surface area contributed by atoms with Crippen molar-refractivity contribution in [2.45, 2.75) is 34.1 Å². The number of aryl methyl sites for hydroxylation is 1. The summed E-state index contributed by atoms with van der Waals surface area (Å²) < 4.78 is 0. The van der Waals surface area contributed by atoms with Crippen LogP contribution in [0, 0.1) is 13.8 Å². The summed E-state index contributed by atoms with van der Waals surface area (Å²) in [6.07, 6.45) is 2.72. The summed E-state index contributed by atoms with van der Waals surface area (Å²) in [7, 11) is 0. The van der Waals surface area contributed by atoms with Crippen molar-refractivity contribution in [1.82, 2.24) is 9.97 Å². The molecule has 0 amide bonds. The molecular formula is C17H24N4. The second-order valence-corrected chi connectivity index (χ2v) is 5.13. The quantitative estimate of drug-likeness (QED) is 0.868. The summed E-state index contributed by atoms with van der Waals surface area (Å²) in [5.41, 5.74) is 3.54. The van der Waals surface area contributed by atoms with Crippen LogP contribution in [0.4, 0.5) is 17.3 Å². The van der Waals surface area contributed by atoms with Gasteiger partial charge in [0.15, 0.2) is 0 Å². The van der Waals surface area contributed by atoms with E-state index in [1.54, 1.807) is 6.33 Å². The highest BCUT2D eigenvalue weighted by Crippen LogP contribution is 2.30. The summed E-state index contributed by atoms with van der Waals surface area (Å²) >= 11 is 0. The molecule has 112 valence electrons. The van der Waals surface area contributed by atoms with Crippen molar-refractivity contribution in [1.29, 1.82) is 0 Å². The molecule has 0 aliphatic carbocycles. The zero-order chi connectivity index (χ0) is 15.2. The van der Waals surface area contributed by atoms with E-state index in [0.29, 0.717) is 0 Å². The topological polar surface area (TPSA) is 41.1 Å². The highest BCUT2D eigenvalue weighted by molar-refractivity contribution is 5.69. The van der Waals surface area contributed by atoms with Gasteiger partial charge in [-0.3, -0.25) is 0 Å². The first-order valence-electron chi connectivity index (χ1n) is 7.57. The van der Waals surface area contributed by atoms with E-state index in [-0.39, 0.29) is 0 Å². The standard InChI is InChI=1S/C17H24N4/c1-5-11-18-16-14(4)17(20-12-19-16)21(6-2)15-10-8-7-9-13(15)3/h7-10,12H,5-6,11H2,1-4H3,(H,18,19,20). The van der Waals surface area contributed by atoms with Crippen LogP contribution in [0.5, 0.6) is 0 Å². The van der Waals surface area contributed by atoms with Crippen LogP contribution in [-0.4, -0.2) is 23.1 Å². The van der Waals surface area contributed by atoms with Crippen molar-refractivity contribution < 1.29 is 0 Å². The van der Waals surface area contributed by atoms with Crippen LogP contribution >= 0.6 is 0 Å². The van der Waals surface area contributed by atoms with E-state index >= 15 is 0 Å². The third kappa shape index (κ3) is 3.32. The first-order valence-corrected chi connectivity index (χ1v) is 7.57. The predicted octanol–water partition coefficient (Wildman–Crippen LogP) is 4.07. The second kappa shape index (κ2) is 7.07. The monoisotopic (exact) mass is 284 g/mol. The lowest BCUT2D eigenvalue weighted by molar-refractivity contribution is 0.935. The average Bonchev–Trinajstić information content (AvgIpc) is 2.50. The lowest BCUT2D eigenvalue weighted by Gasteiger charge is -2.26. The maximum Gasteiger partial charge on any atom is 0.141 e. The fraction of sp³-hybridized carbons (Fsp3) is 0.412. The molecule has 21 heavy (non-hydrogen) atoms. The predicted molar refractivity (Wildman–Crippen MR) is 89.4 cm³/mol. The fourth-order valence-corrected chi connectivity index (χ4v) is 2.44. The van der Waals surface area contributed by atoms with Gasteiger partial charge in [0.25, 0.3) is 0 Å². The van der Waals surface area contributed by atoms with Gasteiger partial charge in [0.2, 0.25) is 0 Å². The van der Waals surface area contributed by atoms with Crippen molar-refractivity contribution in [3.8, 4) is 0 Å². The molecule has 1 aromatic carbocycles. The molecule has 0 fully saturated rings. The molecule has 4 heteroatoms. The van der Waals surface area contributed by atoms with Crippen molar-refractivity contribution >= 4 is 17.3 Å². The number of nitrogens with one attached hydrogen (secondary N) is 1. The minimum atomic E-state index is 0.871. The van der Waals surface area contributed by atoms with Gasteiger partial charge < -0.3 is 10.2 Å². The van der Waals surface area contributed by atoms with E-state index in [0.717, 1.165) is 36.7 Å². The lowest BCUT2D eigenvalue weighted by atomic mass is 10.1. The summed E-state index contributed by atoms with van der Waals surface area (Å²) in [6.45, 7) is 10.3. The highest BCUT2D eigenvalue weighted by atomic mass is 15.2. The Bertz CT molecular complexity index is 595. The van der Waals surface area contributed by atoms with Crippen LogP contribution in [0.1, 0.15) is 31.4 Å². The molecule has 0 radical (unpaired) electrons. The van der Waals surface area contributed by atoms with Gasteiger partial charge in [0, 0.05) is 24.3 Å². The number of hydrogen-bond acceptors (Lipinski definition) is 4. The van der Waals surface area contributed by atoms with Gasteiger partial charge in [-0.25, -0.2) is 9.97 Å². The van der Waals surface area contributed by atoms with Crippen LogP contribution in [0.25, 0.3) is 0 Å². The summed E-state index contributed by atoms with van der Waals surface area (Å²) in [4.78, 5) is 11.1. The van der Waals surface area contributed by atoms with Gasteiger partial charge in [0.1, 0.15) is 18.0 Å². The van der Waals surface area contributed by atoms with Gasteiger partial charge in [-0.1, -0.05) is 25.1 Å². The Morgan fingerprint density at radius 2 is 1.86 bits per heavy atom. The number of benzene rings is 1. The van der Waals surface area contributed by atoms with Gasteiger partial charge in [0.05, 0.1) is 0 Å². The van der Waals surface area contributed by atoms with Crippen LogP contribution < -0.4 is 10.2 Å². The molecule has 2 rings (SSSR count). The van der Waals surface area contributed by atoms with Crippen LogP contribution in [0.2, 0.25) is 0 Å². The van der Waals surface area contributed by atoms with Gasteiger partial charge >= 0.3 is 0 Å². The van der Waals surface area contributed by atoms with E-state index in [9.17, 15) is 0 Å². The Balaban J connectivity index is 2.41. The molecule has 1 aromatic heterocycles. The van der Waals surface area contributed by atoms with E-state index < -0.39 is 0 Å². The Kier molecular flexibility index (Phi) is 5.14. The van der Waals surface area contributed by atoms with Gasteiger partial charge in [-0.2, -0.15) is 0 Å². The zero-order valence-corrected chi connectivity index (χ0v) is 13.3. The molecule has 1 heterocycles. The maximum atomic E-state index is 4.51. The molecule has 2 aromatic rings. The number of hydrogen-bond donors (Lipinski definition) is 1. The number of anilines is 3. The highest BCUT2D eigenvalue weighted by Gasteiger charge is 2.15. The molecular weight excluding hydrogens is 260 g/mol. The minimum Gasteiger partial charge on any atom is -0.370 e. The maximum absolute atomic E-state index is 4.51. The fourth-order valence-electron chi connectivity index (χ4n) is 2.44. The molecule has 0 spiro atoms. The SMILES string of the molecule is CCCNc1ncnc(N(CC)c2ccccc2C)c1C. The third-order valence-electron chi connectivity index (χ3n) is 3.58. The Morgan fingerprint density at radius 1 is 1.10 bits per heavy atom. The van der Waals surface area contributed by atoms with Crippen molar-refractivity contribution in [2.24, 2.45) is 0 Å². The summed E-state index contributed by atoms with van der Waals surface area (Å²) in [6, 6.07) is 8.40. The second-order valence-electron chi connectivity index (χ2n) is 5.13. The van der Waals surface area contributed by atoms with Crippen molar-refractivity contribution in [2.75, 3.05) is 23.3 Å².